The van der Waals surface area contributed by atoms with E-state index in [1.807, 2.05) is 0 Å². The van der Waals surface area contributed by atoms with Crippen LogP contribution in [0.3, 0.4) is 0 Å². The lowest BCUT2D eigenvalue weighted by Crippen LogP contribution is -2.12. The van der Waals surface area contributed by atoms with Crippen molar-refractivity contribution in [2.24, 2.45) is 0 Å². The Balaban J connectivity index is 2.14. The standard InChI is InChI=1S/C20H20O8/c1-22-12-7-5-6-11-14(21)13-16(27-9-10-8-26-10)18(23-2)20(25-4)19(24-3)17(13)28-15(11)12/h5-7,10H,8-9H2,1-4H3. The summed E-state index contributed by atoms with van der Waals surface area (Å²) < 4.78 is 39.0. The van der Waals surface area contributed by atoms with Gasteiger partial charge < -0.3 is 32.8 Å². The Morgan fingerprint density at radius 2 is 1.61 bits per heavy atom. The average Bonchev–Trinajstić information content (AvgIpc) is 3.55. The van der Waals surface area contributed by atoms with Gasteiger partial charge in [0.05, 0.1) is 40.4 Å². The molecule has 1 saturated heterocycles. The van der Waals surface area contributed by atoms with Crippen molar-refractivity contribution in [3.05, 3.63) is 28.4 Å². The molecule has 1 aliphatic rings. The molecular weight excluding hydrogens is 368 g/mol. The predicted molar refractivity (Wildman–Crippen MR) is 101 cm³/mol. The zero-order valence-electron chi connectivity index (χ0n) is 16.0. The Hall–Kier alpha value is -3.13. The molecule has 2 aromatic carbocycles. The van der Waals surface area contributed by atoms with Crippen LogP contribution in [0.1, 0.15) is 0 Å². The monoisotopic (exact) mass is 388 g/mol. The van der Waals surface area contributed by atoms with Gasteiger partial charge in [-0.1, -0.05) is 6.07 Å². The normalized spacial score (nSPS) is 15.5. The summed E-state index contributed by atoms with van der Waals surface area (Å²) in [5.74, 6) is 1.41. The third kappa shape index (κ3) is 2.77. The van der Waals surface area contributed by atoms with Gasteiger partial charge in [0.25, 0.3) is 0 Å². The molecule has 0 N–H and O–H groups in total. The third-order valence-electron chi connectivity index (χ3n) is 4.58. The lowest BCUT2D eigenvalue weighted by atomic mass is 10.1. The fourth-order valence-electron chi connectivity index (χ4n) is 3.17. The first-order valence-electron chi connectivity index (χ1n) is 8.64. The molecule has 0 aliphatic carbocycles. The summed E-state index contributed by atoms with van der Waals surface area (Å²) in [4.78, 5) is 13.4. The van der Waals surface area contributed by atoms with Crippen molar-refractivity contribution in [2.75, 3.05) is 41.7 Å². The van der Waals surface area contributed by atoms with Gasteiger partial charge in [0.2, 0.25) is 22.7 Å². The largest absolute Gasteiger partial charge is 0.493 e. The van der Waals surface area contributed by atoms with Gasteiger partial charge in [0, 0.05) is 0 Å². The Kier molecular flexibility index (Phi) is 4.64. The second-order valence-electron chi connectivity index (χ2n) is 6.17. The van der Waals surface area contributed by atoms with Crippen molar-refractivity contribution in [3.63, 3.8) is 0 Å². The van der Waals surface area contributed by atoms with Crippen LogP contribution in [0.15, 0.2) is 27.4 Å². The first-order valence-corrected chi connectivity index (χ1v) is 8.64. The molecule has 0 spiro atoms. The van der Waals surface area contributed by atoms with E-state index in [-0.39, 0.29) is 52.1 Å². The van der Waals surface area contributed by atoms with Crippen LogP contribution in [0, 0.1) is 0 Å². The number of methoxy groups -OCH3 is 4. The quantitative estimate of drug-likeness (QED) is 0.451. The highest BCUT2D eigenvalue weighted by atomic mass is 16.6. The molecule has 1 atom stereocenters. The summed E-state index contributed by atoms with van der Waals surface area (Å²) >= 11 is 0. The molecule has 8 nitrogen and oxygen atoms in total. The number of para-hydroxylation sites is 1. The molecule has 1 fully saturated rings. The smallest absolute Gasteiger partial charge is 0.211 e. The predicted octanol–water partition coefficient (Wildman–Crippen LogP) is 2.76. The third-order valence-corrected chi connectivity index (χ3v) is 4.58. The van der Waals surface area contributed by atoms with Crippen molar-refractivity contribution < 1.29 is 32.8 Å². The van der Waals surface area contributed by atoms with Crippen LogP contribution in [0.2, 0.25) is 0 Å². The van der Waals surface area contributed by atoms with E-state index in [0.717, 1.165) is 0 Å². The SMILES string of the molecule is COc1c(OC)c(OCC2CO2)c2c(=O)c3cccc(OC)c3oc2c1OC. The number of rotatable bonds is 7. The summed E-state index contributed by atoms with van der Waals surface area (Å²) in [6, 6.07) is 5.10. The maximum absolute atomic E-state index is 13.4. The number of benzene rings is 2. The lowest BCUT2D eigenvalue weighted by Gasteiger charge is -2.19. The van der Waals surface area contributed by atoms with E-state index in [1.54, 1.807) is 18.2 Å². The van der Waals surface area contributed by atoms with Crippen LogP contribution < -0.4 is 29.1 Å². The summed E-state index contributed by atoms with van der Waals surface area (Å²) in [5.41, 5.74) is 0.208. The van der Waals surface area contributed by atoms with Gasteiger partial charge in [-0.15, -0.1) is 0 Å². The molecule has 8 heteroatoms. The molecule has 0 radical (unpaired) electrons. The molecule has 28 heavy (non-hydrogen) atoms. The van der Waals surface area contributed by atoms with Gasteiger partial charge in [-0.2, -0.15) is 0 Å². The fraction of sp³-hybridized carbons (Fsp3) is 0.350. The minimum Gasteiger partial charge on any atom is -0.493 e. The summed E-state index contributed by atoms with van der Waals surface area (Å²) in [6.45, 7) is 0.888. The fourth-order valence-corrected chi connectivity index (χ4v) is 3.17. The van der Waals surface area contributed by atoms with Crippen molar-refractivity contribution in [3.8, 4) is 28.7 Å². The van der Waals surface area contributed by atoms with E-state index >= 15 is 0 Å². The summed E-state index contributed by atoms with van der Waals surface area (Å²) in [6.07, 6.45) is -0.0135. The highest BCUT2D eigenvalue weighted by Crippen LogP contribution is 2.51. The van der Waals surface area contributed by atoms with E-state index in [4.69, 9.17) is 32.8 Å². The minimum atomic E-state index is -0.291. The number of hydrogen-bond acceptors (Lipinski definition) is 8. The van der Waals surface area contributed by atoms with Crippen LogP contribution in [-0.2, 0) is 4.74 Å². The maximum Gasteiger partial charge on any atom is 0.211 e. The Morgan fingerprint density at radius 1 is 0.929 bits per heavy atom. The first-order chi connectivity index (χ1) is 13.6. The highest BCUT2D eigenvalue weighted by molar-refractivity contribution is 6.01. The average molecular weight is 388 g/mol. The van der Waals surface area contributed by atoms with E-state index < -0.39 is 0 Å². The van der Waals surface area contributed by atoms with Crippen LogP contribution >= 0.6 is 0 Å². The maximum atomic E-state index is 13.4. The summed E-state index contributed by atoms with van der Waals surface area (Å²) in [7, 11) is 5.91. The van der Waals surface area contributed by atoms with Gasteiger partial charge in [-0.3, -0.25) is 4.79 Å². The zero-order chi connectivity index (χ0) is 19.8. The first kappa shape index (κ1) is 18.2. The molecule has 2 heterocycles. The second-order valence-corrected chi connectivity index (χ2v) is 6.17. The number of ether oxygens (including phenoxy) is 6. The van der Waals surface area contributed by atoms with Crippen molar-refractivity contribution in [1.82, 2.24) is 0 Å². The highest BCUT2D eigenvalue weighted by Gasteiger charge is 2.31. The van der Waals surface area contributed by atoms with Gasteiger partial charge in [-0.25, -0.2) is 0 Å². The van der Waals surface area contributed by atoms with Gasteiger partial charge in [-0.05, 0) is 12.1 Å². The van der Waals surface area contributed by atoms with Gasteiger partial charge >= 0.3 is 0 Å². The number of fused-ring (bicyclic) bond motifs is 2. The Bertz CT molecular complexity index is 1100. The van der Waals surface area contributed by atoms with E-state index in [2.05, 4.69) is 0 Å². The van der Waals surface area contributed by atoms with Gasteiger partial charge in [0.15, 0.2) is 22.7 Å². The number of hydrogen-bond donors (Lipinski definition) is 0. The Morgan fingerprint density at radius 3 is 2.21 bits per heavy atom. The van der Waals surface area contributed by atoms with Crippen molar-refractivity contribution in [2.45, 2.75) is 6.10 Å². The molecule has 4 rings (SSSR count). The minimum absolute atomic E-state index is 0.0135. The van der Waals surface area contributed by atoms with Gasteiger partial charge in [0.1, 0.15) is 18.1 Å². The van der Waals surface area contributed by atoms with Crippen molar-refractivity contribution >= 4 is 21.9 Å². The molecule has 3 aromatic rings. The molecule has 0 amide bonds. The van der Waals surface area contributed by atoms with Crippen LogP contribution in [0.5, 0.6) is 28.7 Å². The zero-order valence-corrected chi connectivity index (χ0v) is 16.0. The van der Waals surface area contributed by atoms with Crippen LogP contribution in [0.25, 0.3) is 21.9 Å². The molecule has 0 bridgehead atoms. The lowest BCUT2D eigenvalue weighted by molar-refractivity contribution is 0.248. The molecule has 1 unspecified atom stereocenters. The summed E-state index contributed by atoms with van der Waals surface area (Å²) in [5, 5.41) is 0.560. The van der Waals surface area contributed by atoms with Crippen LogP contribution in [0.4, 0.5) is 0 Å². The molecular formula is C20H20O8. The Labute approximate surface area is 160 Å². The van der Waals surface area contributed by atoms with E-state index in [9.17, 15) is 4.79 Å². The van der Waals surface area contributed by atoms with E-state index in [0.29, 0.717) is 23.3 Å². The number of epoxide rings is 1. The second kappa shape index (κ2) is 7.12. The molecule has 1 aromatic heterocycles. The molecule has 148 valence electrons. The molecule has 1 aliphatic heterocycles. The topological polar surface area (TPSA) is 88.9 Å². The molecule has 0 saturated carbocycles. The van der Waals surface area contributed by atoms with Crippen LogP contribution in [-0.4, -0.2) is 47.8 Å². The van der Waals surface area contributed by atoms with E-state index in [1.165, 1.54) is 28.4 Å². The van der Waals surface area contributed by atoms with Crippen molar-refractivity contribution in [1.29, 1.82) is 0 Å².